The van der Waals surface area contributed by atoms with Gasteiger partial charge in [-0.1, -0.05) is 11.6 Å². The van der Waals surface area contributed by atoms with Gasteiger partial charge < -0.3 is 24.2 Å². The lowest BCUT2D eigenvalue weighted by Gasteiger charge is -2.28. The molecule has 7 nitrogen and oxygen atoms in total. The molecule has 2 aliphatic heterocycles. The van der Waals surface area contributed by atoms with Crippen LogP contribution in [-0.2, 0) is 14.3 Å². The molecule has 2 aliphatic rings. The van der Waals surface area contributed by atoms with Crippen LogP contribution >= 0.6 is 11.6 Å². The maximum Gasteiger partial charge on any atom is 0.295 e. The van der Waals surface area contributed by atoms with E-state index >= 15 is 0 Å². The molecule has 2 fully saturated rings. The molecule has 2 atom stereocenters. The summed E-state index contributed by atoms with van der Waals surface area (Å²) in [6.07, 6.45) is 1.51. The highest BCUT2D eigenvalue weighted by atomic mass is 35.5. The molecule has 0 saturated carbocycles. The van der Waals surface area contributed by atoms with Crippen molar-refractivity contribution in [3.05, 3.63) is 64.2 Å². The summed E-state index contributed by atoms with van der Waals surface area (Å²) in [7, 11) is 3.04. The van der Waals surface area contributed by atoms with Crippen molar-refractivity contribution in [2.75, 3.05) is 27.4 Å². The zero-order chi connectivity index (χ0) is 22.8. The van der Waals surface area contributed by atoms with E-state index < -0.39 is 17.7 Å². The Kier molecular flexibility index (Phi) is 6.39. The number of amides is 1. The number of hydrogen-bond donors (Lipinski definition) is 1. The predicted octanol–water partition coefficient (Wildman–Crippen LogP) is 3.96. The number of hydrogen-bond acceptors (Lipinski definition) is 6. The van der Waals surface area contributed by atoms with Gasteiger partial charge in [0.05, 0.1) is 31.9 Å². The van der Waals surface area contributed by atoms with Crippen LogP contribution < -0.4 is 9.47 Å². The Labute approximate surface area is 191 Å². The topological polar surface area (TPSA) is 85.3 Å². The van der Waals surface area contributed by atoms with Crippen LogP contribution in [0.1, 0.15) is 30.0 Å². The SMILES string of the molecule is COc1ccc(OC)c([C@H]2/C(=C(\O)c3ccc(Cl)cc3)C(=O)C(=O)N2C[C@@H]2CCCO2)c1. The fraction of sp³-hybridized carbons (Fsp3) is 0.333. The number of methoxy groups -OCH3 is 2. The smallest absolute Gasteiger partial charge is 0.295 e. The van der Waals surface area contributed by atoms with E-state index in [4.69, 9.17) is 25.8 Å². The molecule has 0 unspecified atom stereocenters. The van der Waals surface area contributed by atoms with Crippen molar-refractivity contribution in [1.29, 1.82) is 0 Å². The molecular weight excluding hydrogens is 434 g/mol. The number of carbonyl (C=O) groups excluding carboxylic acids is 2. The second kappa shape index (κ2) is 9.22. The number of aliphatic hydroxyl groups excluding tert-OH is 1. The number of Topliss-reactive ketones (excluding diaryl/α,β-unsaturated/α-hetero) is 1. The van der Waals surface area contributed by atoms with Gasteiger partial charge in [0.1, 0.15) is 17.3 Å². The summed E-state index contributed by atoms with van der Waals surface area (Å²) in [4.78, 5) is 27.7. The van der Waals surface area contributed by atoms with Crippen molar-refractivity contribution >= 4 is 29.1 Å². The molecule has 1 N–H and O–H groups in total. The Morgan fingerprint density at radius 3 is 2.53 bits per heavy atom. The van der Waals surface area contributed by atoms with Crippen molar-refractivity contribution in [2.24, 2.45) is 0 Å². The molecule has 168 valence electrons. The minimum Gasteiger partial charge on any atom is -0.507 e. The Morgan fingerprint density at radius 2 is 1.91 bits per heavy atom. The maximum atomic E-state index is 13.2. The molecular formula is C24H24ClNO6. The van der Waals surface area contributed by atoms with E-state index in [0.717, 1.165) is 12.8 Å². The molecule has 0 radical (unpaired) electrons. The van der Waals surface area contributed by atoms with Crippen LogP contribution in [0.25, 0.3) is 5.76 Å². The van der Waals surface area contributed by atoms with E-state index in [9.17, 15) is 14.7 Å². The molecule has 0 aliphatic carbocycles. The number of likely N-dealkylation sites (tertiary alicyclic amines) is 1. The minimum atomic E-state index is -0.861. The molecule has 0 aromatic heterocycles. The average molecular weight is 458 g/mol. The van der Waals surface area contributed by atoms with E-state index in [1.807, 2.05) is 0 Å². The lowest BCUT2D eigenvalue weighted by Crippen LogP contribution is -2.36. The van der Waals surface area contributed by atoms with Crippen molar-refractivity contribution in [3.63, 3.8) is 0 Å². The first-order valence-corrected chi connectivity index (χ1v) is 10.7. The highest BCUT2D eigenvalue weighted by Gasteiger charge is 2.48. The van der Waals surface area contributed by atoms with Crippen LogP contribution in [0.4, 0.5) is 0 Å². The first kappa shape index (κ1) is 22.2. The number of ether oxygens (including phenoxy) is 3. The van der Waals surface area contributed by atoms with Gasteiger partial charge >= 0.3 is 0 Å². The van der Waals surface area contributed by atoms with Crippen LogP contribution in [0.5, 0.6) is 11.5 Å². The third-order valence-electron chi connectivity index (χ3n) is 5.81. The van der Waals surface area contributed by atoms with Crippen molar-refractivity contribution in [2.45, 2.75) is 25.0 Å². The fourth-order valence-electron chi connectivity index (χ4n) is 4.22. The van der Waals surface area contributed by atoms with Gasteiger partial charge in [0.2, 0.25) is 0 Å². The first-order chi connectivity index (χ1) is 15.4. The second-order valence-corrected chi connectivity index (χ2v) is 8.14. The Bertz CT molecular complexity index is 1060. The number of nitrogens with zero attached hydrogens (tertiary/aromatic N) is 1. The molecule has 8 heteroatoms. The summed E-state index contributed by atoms with van der Waals surface area (Å²) in [6.45, 7) is 0.847. The number of halogens is 1. The van der Waals surface area contributed by atoms with Crippen LogP contribution in [0.3, 0.4) is 0 Å². The summed E-state index contributed by atoms with van der Waals surface area (Å²) < 4.78 is 16.6. The third kappa shape index (κ3) is 4.06. The molecule has 2 saturated heterocycles. The van der Waals surface area contributed by atoms with Gasteiger partial charge in [-0.25, -0.2) is 0 Å². The molecule has 2 heterocycles. The second-order valence-electron chi connectivity index (χ2n) is 7.70. The van der Waals surface area contributed by atoms with Gasteiger partial charge in [0.15, 0.2) is 0 Å². The number of rotatable bonds is 6. The molecule has 1 amide bonds. The van der Waals surface area contributed by atoms with Gasteiger partial charge in [0.25, 0.3) is 11.7 Å². The summed E-state index contributed by atoms with van der Waals surface area (Å²) >= 11 is 5.97. The van der Waals surface area contributed by atoms with Gasteiger partial charge in [0, 0.05) is 29.3 Å². The normalized spacial score (nSPS) is 22.4. The number of ketones is 1. The highest BCUT2D eigenvalue weighted by Crippen LogP contribution is 2.44. The Hall–Kier alpha value is -3.03. The van der Waals surface area contributed by atoms with Crippen LogP contribution in [0, 0.1) is 0 Å². The van der Waals surface area contributed by atoms with E-state index in [2.05, 4.69) is 0 Å². The molecule has 0 bridgehead atoms. The summed E-state index contributed by atoms with van der Waals surface area (Å²) in [5, 5.41) is 11.6. The first-order valence-electron chi connectivity index (χ1n) is 10.3. The minimum absolute atomic E-state index is 0.0122. The number of aliphatic hydroxyl groups is 1. The fourth-order valence-corrected chi connectivity index (χ4v) is 4.34. The monoisotopic (exact) mass is 457 g/mol. The lowest BCUT2D eigenvalue weighted by molar-refractivity contribution is -0.140. The van der Waals surface area contributed by atoms with E-state index in [0.29, 0.717) is 34.3 Å². The van der Waals surface area contributed by atoms with E-state index in [1.165, 1.54) is 19.1 Å². The highest BCUT2D eigenvalue weighted by molar-refractivity contribution is 6.46. The molecule has 4 rings (SSSR count). The zero-order valence-corrected chi connectivity index (χ0v) is 18.6. The Balaban J connectivity index is 1.89. The summed E-state index contributed by atoms with van der Waals surface area (Å²) in [6, 6.07) is 10.7. The third-order valence-corrected chi connectivity index (χ3v) is 6.07. The molecule has 0 spiro atoms. The van der Waals surface area contributed by atoms with Crippen LogP contribution in [0.15, 0.2) is 48.0 Å². The molecule has 2 aromatic rings. The van der Waals surface area contributed by atoms with E-state index in [-0.39, 0.29) is 24.0 Å². The van der Waals surface area contributed by atoms with Crippen molar-refractivity contribution < 1.29 is 28.9 Å². The van der Waals surface area contributed by atoms with Crippen molar-refractivity contribution in [3.8, 4) is 11.5 Å². The van der Waals surface area contributed by atoms with Crippen LogP contribution in [0.2, 0.25) is 5.02 Å². The standard InChI is InChI=1S/C24H24ClNO6/c1-30-16-9-10-19(31-2)18(12-16)21-20(22(27)14-5-7-15(25)8-6-14)23(28)24(29)26(21)13-17-4-3-11-32-17/h5-10,12,17,21,27H,3-4,11,13H2,1-2H3/b22-20+/t17-,21-/m0/s1. The Morgan fingerprint density at radius 1 is 1.16 bits per heavy atom. The quantitative estimate of drug-likeness (QED) is 0.401. The average Bonchev–Trinajstić information content (AvgIpc) is 3.41. The maximum absolute atomic E-state index is 13.2. The van der Waals surface area contributed by atoms with Gasteiger partial charge in [-0.15, -0.1) is 0 Å². The molecule has 32 heavy (non-hydrogen) atoms. The van der Waals surface area contributed by atoms with Gasteiger partial charge in [-0.3, -0.25) is 9.59 Å². The lowest BCUT2D eigenvalue weighted by atomic mass is 9.94. The largest absolute Gasteiger partial charge is 0.507 e. The van der Waals surface area contributed by atoms with Gasteiger partial charge in [-0.2, -0.15) is 0 Å². The summed E-state index contributed by atoms with van der Waals surface area (Å²) in [5.74, 6) is -0.715. The number of benzene rings is 2. The zero-order valence-electron chi connectivity index (χ0n) is 17.8. The number of carbonyl (C=O) groups is 2. The predicted molar refractivity (Wildman–Crippen MR) is 119 cm³/mol. The van der Waals surface area contributed by atoms with E-state index in [1.54, 1.807) is 42.5 Å². The van der Waals surface area contributed by atoms with Gasteiger partial charge in [-0.05, 0) is 55.3 Å². The van der Waals surface area contributed by atoms with Crippen LogP contribution in [-0.4, -0.2) is 55.2 Å². The molecule has 2 aromatic carbocycles. The summed E-state index contributed by atoms with van der Waals surface area (Å²) in [5.41, 5.74) is 0.915. The van der Waals surface area contributed by atoms with Crippen molar-refractivity contribution in [1.82, 2.24) is 4.90 Å².